The van der Waals surface area contributed by atoms with E-state index in [-0.39, 0.29) is 22.6 Å². The van der Waals surface area contributed by atoms with Gasteiger partial charge in [0.25, 0.3) is 0 Å². The number of hydrogen-bond donors (Lipinski definition) is 2. The molecule has 1 saturated carbocycles. The number of carbonyl (C=O) groups excluding carboxylic acids is 2. The van der Waals surface area contributed by atoms with Crippen LogP contribution in [0.25, 0.3) is 0 Å². The molecule has 2 aromatic heterocycles. The summed E-state index contributed by atoms with van der Waals surface area (Å²) in [7, 11) is -3.75. The molecule has 1 fully saturated rings. The van der Waals surface area contributed by atoms with Crippen molar-refractivity contribution in [1.82, 2.24) is 10.6 Å². The van der Waals surface area contributed by atoms with Crippen LogP contribution in [0.3, 0.4) is 0 Å². The van der Waals surface area contributed by atoms with Gasteiger partial charge in [-0.1, -0.05) is 25.3 Å². The molecule has 1 aliphatic carbocycles. The summed E-state index contributed by atoms with van der Waals surface area (Å²) >= 11 is 1.10. The molecule has 1 atom stereocenters. The molecule has 0 bridgehead atoms. The Balaban J connectivity index is 1.66. The second-order valence-electron chi connectivity index (χ2n) is 6.50. The van der Waals surface area contributed by atoms with Crippen molar-refractivity contribution in [2.24, 2.45) is 0 Å². The molecule has 1 aliphatic rings. The number of sulfone groups is 1. The van der Waals surface area contributed by atoms with Crippen LogP contribution < -0.4 is 10.6 Å². The van der Waals surface area contributed by atoms with Crippen molar-refractivity contribution >= 4 is 33.0 Å². The zero-order valence-electron chi connectivity index (χ0n) is 14.7. The highest BCUT2D eigenvalue weighted by Gasteiger charge is 2.33. The first-order chi connectivity index (χ1) is 13.0. The Labute approximate surface area is 162 Å². The largest absolute Gasteiger partial charge is 0.468 e. The molecule has 3 rings (SSSR count). The van der Waals surface area contributed by atoms with Crippen LogP contribution in [0.1, 0.15) is 43.1 Å². The summed E-state index contributed by atoms with van der Waals surface area (Å²) < 4.78 is 31.2. The topological polar surface area (TPSA) is 105 Å². The van der Waals surface area contributed by atoms with E-state index < -0.39 is 26.9 Å². The van der Waals surface area contributed by atoms with E-state index >= 15 is 0 Å². The number of furan rings is 1. The third-order valence-corrected chi connectivity index (χ3v) is 8.10. The zero-order valence-corrected chi connectivity index (χ0v) is 16.4. The average molecular weight is 411 g/mol. The number of thiophene rings is 1. The molecule has 27 heavy (non-hydrogen) atoms. The number of amides is 2. The van der Waals surface area contributed by atoms with E-state index in [1.807, 2.05) is 0 Å². The van der Waals surface area contributed by atoms with Gasteiger partial charge >= 0.3 is 11.8 Å². The summed E-state index contributed by atoms with van der Waals surface area (Å²) in [6, 6.07) is 6.29. The van der Waals surface area contributed by atoms with Gasteiger partial charge in [0.2, 0.25) is 0 Å². The van der Waals surface area contributed by atoms with Gasteiger partial charge in [-0.05, 0) is 36.4 Å². The molecule has 9 heteroatoms. The van der Waals surface area contributed by atoms with Gasteiger partial charge in [-0.15, -0.1) is 11.3 Å². The van der Waals surface area contributed by atoms with Crippen LogP contribution in [0.4, 0.5) is 0 Å². The van der Waals surface area contributed by atoms with Crippen molar-refractivity contribution in [2.45, 2.75) is 47.6 Å². The zero-order chi connectivity index (χ0) is 19.3. The first-order valence-electron chi connectivity index (χ1n) is 8.88. The van der Waals surface area contributed by atoms with Crippen molar-refractivity contribution in [1.29, 1.82) is 0 Å². The Morgan fingerprint density at radius 3 is 2.56 bits per heavy atom. The maximum Gasteiger partial charge on any atom is 0.309 e. The summed E-state index contributed by atoms with van der Waals surface area (Å²) in [5, 5.41) is 5.73. The van der Waals surface area contributed by atoms with E-state index in [9.17, 15) is 18.0 Å². The summed E-state index contributed by atoms with van der Waals surface area (Å²) in [5.74, 6) is -1.34. The Kier molecular flexibility index (Phi) is 6.33. The number of nitrogens with one attached hydrogen (secondary N) is 2. The maximum atomic E-state index is 12.9. The highest BCUT2D eigenvalue weighted by atomic mass is 32.2. The van der Waals surface area contributed by atoms with Gasteiger partial charge in [0.05, 0.1) is 6.26 Å². The van der Waals surface area contributed by atoms with Crippen LogP contribution in [0, 0.1) is 0 Å². The first kappa shape index (κ1) is 19.6. The van der Waals surface area contributed by atoms with Gasteiger partial charge in [0, 0.05) is 12.6 Å². The van der Waals surface area contributed by atoms with Gasteiger partial charge in [0.15, 0.2) is 9.84 Å². The minimum atomic E-state index is -3.75. The lowest BCUT2D eigenvalue weighted by molar-refractivity contribution is -0.139. The molecular weight excluding hydrogens is 388 g/mol. The number of rotatable bonds is 6. The third kappa shape index (κ3) is 4.78. The van der Waals surface area contributed by atoms with E-state index in [0.29, 0.717) is 0 Å². The van der Waals surface area contributed by atoms with Gasteiger partial charge in [-0.3, -0.25) is 9.59 Å². The van der Waals surface area contributed by atoms with Crippen molar-refractivity contribution in [3.05, 3.63) is 41.7 Å². The smallest absolute Gasteiger partial charge is 0.309 e. The first-order valence-corrected chi connectivity index (χ1v) is 11.3. The Morgan fingerprint density at radius 2 is 1.93 bits per heavy atom. The highest BCUT2D eigenvalue weighted by molar-refractivity contribution is 7.93. The Hall–Kier alpha value is -2.13. The van der Waals surface area contributed by atoms with Gasteiger partial charge in [0.1, 0.15) is 15.2 Å². The van der Waals surface area contributed by atoms with E-state index in [0.717, 1.165) is 43.4 Å². The van der Waals surface area contributed by atoms with Gasteiger partial charge < -0.3 is 15.1 Å². The van der Waals surface area contributed by atoms with Gasteiger partial charge in [-0.2, -0.15) is 0 Å². The molecule has 0 spiro atoms. The molecule has 2 N–H and O–H groups in total. The van der Waals surface area contributed by atoms with Crippen LogP contribution in [-0.4, -0.2) is 32.8 Å². The molecule has 0 aromatic carbocycles. The minimum Gasteiger partial charge on any atom is -0.468 e. The van der Waals surface area contributed by atoms with E-state index in [1.165, 1.54) is 12.3 Å². The summed E-state index contributed by atoms with van der Waals surface area (Å²) in [6.07, 6.45) is 6.31. The lowest BCUT2D eigenvalue weighted by atomic mass is 9.95. The standard InChI is InChI=1S/C18H22N2O5S2/c21-17(18(22)20-13-6-2-1-3-7-13)19-12-15(14-8-4-10-25-14)27(23,24)16-9-5-11-26-16/h4-5,8-11,13,15H,1-3,6-7,12H2,(H,19,21)(H,20,22)/t15-/m0/s1. The molecule has 2 heterocycles. The SMILES string of the molecule is O=C(NC[C@@H](c1ccco1)S(=O)(=O)c1cccs1)C(=O)NC1CCCCC1. The fraction of sp³-hybridized carbons (Fsp3) is 0.444. The van der Waals surface area contributed by atoms with Crippen molar-refractivity contribution < 1.29 is 22.4 Å². The van der Waals surface area contributed by atoms with Crippen molar-refractivity contribution in [2.75, 3.05) is 6.54 Å². The molecule has 2 amide bonds. The molecule has 0 radical (unpaired) electrons. The lowest BCUT2D eigenvalue weighted by Gasteiger charge is -2.22. The second kappa shape index (κ2) is 8.71. The predicted molar refractivity (Wildman–Crippen MR) is 101 cm³/mol. The van der Waals surface area contributed by atoms with E-state index in [1.54, 1.807) is 23.6 Å². The highest BCUT2D eigenvalue weighted by Crippen LogP contribution is 2.31. The van der Waals surface area contributed by atoms with E-state index in [4.69, 9.17) is 4.42 Å². The second-order valence-corrected chi connectivity index (χ2v) is 9.80. The summed E-state index contributed by atoms with van der Waals surface area (Å²) in [4.78, 5) is 24.3. The monoisotopic (exact) mass is 410 g/mol. The number of hydrogen-bond acceptors (Lipinski definition) is 6. The minimum absolute atomic E-state index is 0.00715. The van der Waals surface area contributed by atoms with Crippen molar-refractivity contribution in [3.63, 3.8) is 0 Å². The lowest BCUT2D eigenvalue weighted by Crippen LogP contribution is -2.46. The quantitative estimate of drug-likeness (QED) is 0.712. The molecule has 146 valence electrons. The van der Waals surface area contributed by atoms with Crippen molar-refractivity contribution in [3.8, 4) is 0 Å². The van der Waals surface area contributed by atoms with Crippen LogP contribution in [-0.2, 0) is 19.4 Å². The van der Waals surface area contributed by atoms with Gasteiger partial charge in [-0.25, -0.2) is 8.42 Å². The summed E-state index contributed by atoms with van der Waals surface area (Å²) in [5.41, 5.74) is 0. The predicted octanol–water partition coefficient (Wildman–Crippen LogP) is 2.42. The van der Waals surface area contributed by atoms with Crippen LogP contribution in [0.2, 0.25) is 0 Å². The maximum absolute atomic E-state index is 12.9. The third-order valence-electron chi connectivity index (χ3n) is 4.61. The molecular formula is C18H22N2O5S2. The molecule has 0 aliphatic heterocycles. The molecule has 7 nitrogen and oxygen atoms in total. The fourth-order valence-electron chi connectivity index (χ4n) is 3.17. The average Bonchev–Trinajstić information content (AvgIpc) is 3.36. The summed E-state index contributed by atoms with van der Waals surface area (Å²) in [6.45, 7) is -0.245. The van der Waals surface area contributed by atoms with Crippen LogP contribution >= 0.6 is 11.3 Å². The molecule has 2 aromatic rings. The fourth-order valence-corrected chi connectivity index (χ4v) is 5.96. The Morgan fingerprint density at radius 1 is 1.15 bits per heavy atom. The molecule has 0 saturated heterocycles. The van der Waals surface area contributed by atoms with Crippen LogP contribution in [0.15, 0.2) is 44.5 Å². The normalized spacial score (nSPS) is 16.6. The van der Waals surface area contributed by atoms with Crippen LogP contribution in [0.5, 0.6) is 0 Å². The van der Waals surface area contributed by atoms with E-state index in [2.05, 4.69) is 10.6 Å². The number of carbonyl (C=O) groups is 2. The Bertz CT molecular complexity index is 854. The molecule has 0 unspecified atom stereocenters.